The van der Waals surface area contributed by atoms with Gasteiger partial charge in [-0.25, -0.2) is 4.98 Å². The smallest absolute Gasteiger partial charge is 0.255 e. The third-order valence-corrected chi connectivity index (χ3v) is 7.67. The summed E-state index contributed by atoms with van der Waals surface area (Å²) in [5.41, 5.74) is 2.51. The Morgan fingerprint density at radius 1 is 1.14 bits per heavy atom. The molecule has 5 heteroatoms. The molecular formula is C24H27N3OS. The van der Waals surface area contributed by atoms with Crippen molar-refractivity contribution in [3.05, 3.63) is 59.1 Å². The number of aromatic nitrogens is 1. The number of benzene rings is 2. The number of hydrogen-bond acceptors (Lipinski definition) is 4. The Balaban J connectivity index is 1.27. The lowest BCUT2D eigenvalue weighted by Gasteiger charge is -2.47. The number of amides is 1. The molecule has 0 radical (unpaired) electrons. The Kier molecular flexibility index (Phi) is 5.10. The maximum absolute atomic E-state index is 12.6. The summed E-state index contributed by atoms with van der Waals surface area (Å²) < 4.78 is 1.11. The molecule has 2 aliphatic rings. The molecule has 1 atom stereocenters. The topological polar surface area (TPSA) is 45.2 Å². The van der Waals surface area contributed by atoms with Crippen molar-refractivity contribution in [3.63, 3.8) is 0 Å². The lowest BCUT2D eigenvalue weighted by molar-refractivity contribution is 0.0480. The van der Waals surface area contributed by atoms with E-state index >= 15 is 0 Å². The average Bonchev–Trinajstić information content (AvgIpc) is 3.11. The van der Waals surface area contributed by atoms with E-state index in [1.54, 1.807) is 11.3 Å². The number of carbonyl (C=O) groups excluding carboxylic acids is 1. The van der Waals surface area contributed by atoms with Crippen molar-refractivity contribution in [1.29, 1.82) is 0 Å². The van der Waals surface area contributed by atoms with E-state index in [0.29, 0.717) is 11.5 Å². The zero-order chi connectivity index (χ0) is 19.8. The van der Waals surface area contributed by atoms with Crippen molar-refractivity contribution in [2.75, 3.05) is 11.9 Å². The van der Waals surface area contributed by atoms with Crippen molar-refractivity contribution in [2.45, 2.75) is 57.0 Å². The highest BCUT2D eigenvalue weighted by molar-refractivity contribution is 7.18. The van der Waals surface area contributed by atoms with Crippen LogP contribution in [0.5, 0.6) is 0 Å². The number of fused-ring (bicyclic) bond motifs is 1. The Labute approximate surface area is 176 Å². The molecule has 1 aliphatic carbocycles. The van der Waals surface area contributed by atoms with Gasteiger partial charge in [0.2, 0.25) is 0 Å². The molecule has 2 heterocycles. The van der Waals surface area contributed by atoms with Crippen molar-refractivity contribution in [1.82, 2.24) is 9.88 Å². The van der Waals surface area contributed by atoms with E-state index in [9.17, 15) is 4.79 Å². The standard InChI is InChI=1S/C24H27N3OS/c1-16-7-5-6-12-27(16)20-13-18(14-20)24-26-21-11-10-17(15-22(21)29-24)23(28)25-19-8-3-2-4-9-19/h2-4,8-11,15-16,18,20H,5-7,12-14H2,1H3,(H,25,28)/t16-,18?,20?/m0/s1. The van der Waals surface area contributed by atoms with Gasteiger partial charge in [-0.1, -0.05) is 24.6 Å². The van der Waals surface area contributed by atoms with Crippen LogP contribution in [0.15, 0.2) is 48.5 Å². The zero-order valence-electron chi connectivity index (χ0n) is 16.8. The van der Waals surface area contributed by atoms with Crippen molar-refractivity contribution >= 4 is 33.1 Å². The lowest BCUT2D eigenvalue weighted by Crippen LogP contribution is -2.50. The van der Waals surface area contributed by atoms with Gasteiger partial charge in [-0.15, -0.1) is 11.3 Å². The zero-order valence-corrected chi connectivity index (χ0v) is 17.6. The molecule has 1 aromatic heterocycles. The van der Waals surface area contributed by atoms with Crippen LogP contribution in [0.1, 0.15) is 60.3 Å². The molecule has 29 heavy (non-hydrogen) atoms. The van der Waals surface area contributed by atoms with Gasteiger partial charge < -0.3 is 5.32 Å². The highest BCUT2D eigenvalue weighted by Gasteiger charge is 2.38. The van der Waals surface area contributed by atoms with E-state index in [4.69, 9.17) is 4.98 Å². The minimum atomic E-state index is -0.0733. The molecule has 1 N–H and O–H groups in total. The normalized spacial score (nSPS) is 24.9. The second-order valence-electron chi connectivity index (χ2n) is 8.46. The summed E-state index contributed by atoms with van der Waals surface area (Å²) in [6, 6.07) is 16.9. The van der Waals surface area contributed by atoms with E-state index in [1.807, 2.05) is 48.5 Å². The fourth-order valence-electron chi connectivity index (χ4n) is 4.71. The maximum Gasteiger partial charge on any atom is 0.255 e. The summed E-state index contributed by atoms with van der Waals surface area (Å²) in [6.45, 7) is 3.64. The number of thiazole rings is 1. The van der Waals surface area contributed by atoms with Crippen LogP contribution in [-0.2, 0) is 0 Å². The molecule has 0 bridgehead atoms. The molecule has 5 rings (SSSR count). The molecule has 1 aliphatic heterocycles. The number of likely N-dealkylation sites (tertiary alicyclic amines) is 1. The molecule has 2 fully saturated rings. The first-order valence-corrected chi connectivity index (χ1v) is 11.5. The van der Waals surface area contributed by atoms with Gasteiger partial charge in [0.05, 0.1) is 15.2 Å². The minimum Gasteiger partial charge on any atom is -0.322 e. The van der Waals surface area contributed by atoms with E-state index in [1.165, 1.54) is 43.7 Å². The SMILES string of the molecule is C[C@H]1CCCCN1C1CC(c2nc3ccc(C(=O)Nc4ccccc4)cc3s2)C1. The molecular weight excluding hydrogens is 378 g/mol. The molecule has 1 saturated heterocycles. The van der Waals surface area contributed by atoms with E-state index in [2.05, 4.69) is 17.1 Å². The summed E-state index contributed by atoms with van der Waals surface area (Å²) in [7, 11) is 0. The van der Waals surface area contributed by atoms with Crippen molar-refractivity contribution in [3.8, 4) is 0 Å². The first-order chi connectivity index (χ1) is 14.2. The van der Waals surface area contributed by atoms with E-state index < -0.39 is 0 Å². The van der Waals surface area contributed by atoms with Gasteiger partial charge in [-0.3, -0.25) is 9.69 Å². The predicted molar refractivity (Wildman–Crippen MR) is 120 cm³/mol. The second kappa shape index (κ2) is 7.88. The Bertz CT molecular complexity index is 1010. The van der Waals surface area contributed by atoms with Crippen LogP contribution in [0.4, 0.5) is 5.69 Å². The number of piperidine rings is 1. The van der Waals surface area contributed by atoms with Crippen LogP contribution in [0, 0.1) is 0 Å². The van der Waals surface area contributed by atoms with Gasteiger partial charge >= 0.3 is 0 Å². The van der Waals surface area contributed by atoms with Crippen LogP contribution < -0.4 is 5.32 Å². The first kappa shape index (κ1) is 18.8. The number of hydrogen-bond donors (Lipinski definition) is 1. The largest absolute Gasteiger partial charge is 0.322 e. The highest BCUT2D eigenvalue weighted by Crippen LogP contribution is 2.44. The third kappa shape index (κ3) is 3.81. The van der Waals surface area contributed by atoms with Gasteiger partial charge in [0.1, 0.15) is 0 Å². The molecule has 150 valence electrons. The number of para-hydroxylation sites is 1. The summed E-state index contributed by atoms with van der Waals surface area (Å²) in [5.74, 6) is 0.504. The summed E-state index contributed by atoms with van der Waals surface area (Å²) in [6.07, 6.45) is 6.53. The fourth-order valence-corrected chi connectivity index (χ4v) is 5.84. The molecule has 0 unspecified atom stereocenters. The second-order valence-corrected chi connectivity index (χ2v) is 9.52. The summed E-state index contributed by atoms with van der Waals surface area (Å²) >= 11 is 1.76. The molecule has 2 aromatic carbocycles. The van der Waals surface area contributed by atoms with Crippen molar-refractivity contribution in [2.24, 2.45) is 0 Å². The van der Waals surface area contributed by atoms with Crippen LogP contribution >= 0.6 is 11.3 Å². The molecule has 0 spiro atoms. The summed E-state index contributed by atoms with van der Waals surface area (Å²) in [5, 5.41) is 4.20. The Morgan fingerprint density at radius 2 is 1.97 bits per heavy atom. The van der Waals surface area contributed by atoms with E-state index in [-0.39, 0.29) is 5.91 Å². The van der Waals surface area contributed by atoms with Gasteiger partial charge in [-0.05, 0) is 69.5 Å². The number of anilines is 1. The first-order valence-electron chi connectivity index (χ1n) is 10.7. The predicted octanol–water partition coefficient (Wildman–Crippen LogP) is 5.67. The fraction of sp³-hybridized carbons (Fsp3) is 0.417. The van der Waals surface area contributed by atoms with Crippen LogP contribution in [0.25, 0.3) is 10.2 Å². The summed E-state index contributed by atoms with van der Waals surface area (Å²) in [4.78, 5) is 20.2. The number of rotatable bonds is 4. The highest BCUT2D eigenvalue weighted by atomic mass is 32.1. The lowest BCUT2D eigenvalue weighted by atomic mass is 9.78. The average molecular weight is 406 g/mol. The third-order valence-electron chi connectivity index (χ3n) is 6.48. The van der Waals surface area contributed by atoms with Crippen LogP contribution in [-0.4, -0.2) is 34.4 Å². The van der Waals surface area contributed by atoms with Gasteiger partial charge in [0, 0.05) is 29.3 Å². The van der Waals surface area contributed by atoms with Crippen LogP contribution in [0.3, 0.4) is 0 Å². The number of nitrogens with zero attached hydrogens (tertiary/aromatic N) is 2. The Morgan fingerprint density at radius 3 is 2.76 bits per heavy atom. The van der Waals surface area contributed by atoms with Crippen molar-refractivity contribution < 1.29 is 4.79 Å². The molecule has 1 amide bonds. The van der Waals surface area contributed by atoms with Gasteiger partial charge in [0.15, 0.2) is 0 Å². The quantitative estimate of drug-likeness (QED) is 0.608. The van der Waals surface area contributed by atoms with Gasteiger partial charge in [0.25, 0.3) is 5.91 Å². The monoisotopic (exact) mass is 405 g/mol. The maximum atomic E-state index is 12.6. The van der Waals surface area contributed by atoms with Gasteiger partial charge in [-0.2, -0.15) is 0 Å². The molecule has 4 nitrogen and oxygen atoms in total. The molecule has 1 saturated carbocycles. The van der Waals surface area contributed by atoms with Crippen LogP contribution in [0.2, 0.25) is 0 Å². The minimum absolute atomic E-state index is 0.0733. The molecule has 3 aromatic rings. The number of nitrogens with one attached hydrogen (secondary N) is 1. The number of carbonyl (C=O) groups is 1. The Hall–Kier alpha value is -2.24. The van der Waals surface area contributed by atoms with E-state index in [0.717, 1.165) is 28.0 Å².